The number of hydrogen-bond donors (Lipinski definition) is 2. The zero-order chi connectivity index (χ0) is 22.6. The number of ether oxygens (including phenoxy) is 1. The SMILES string of the molecule is O=C(O)c1cccc(CNC(=O)c2cc(C(F)(F)F)cnc2Oc2ccc(F)cc2)c1. The molecule has 0 saturated heterocycles. The van der Waals surface area contributed by atoms with Gasteiger partial charge in [-0.05, 0) is 48.0 Å². The molecule has 0 bridgehead atoms. The van der Waals surface area contributed by atoms with E-state index in [4.69, 9.17) is 9.84 Å². The van der Waals surface area contributed by atoms with Crippen molar-refractivity contribution in [3.8, 4) is 11.6 Å². The number of halogens is 4. The summed E-state index contributed by atoms with van der Waals surface area (Å²) in [4.78, 5) is 27.2. The van der Waals surface area contributed by atoms with Crippen LogP contribution in [0.5, 0.6) is 11.6 Å². The number of nitrogens with one attached hydrogen (secondary N) is 1. The Hall–Kier alpha value is -3.95. The number of alkyl halides is 3. The summed E-state index contributed by atoms with van der Waals surface area (Å²) in [7, 11) is 0. The lowest BCUT2D eigenvalue weighted by Crippen LogP contribution is -2.24. The number of carbonyl (C=O) groups excluding carboxylic acids is 1. The molecule has 0 fully saturated rings. The van der Waals surface area contributed by atoms with Gasteiger partial charge >= 0.3 is 12.1 Å². The minimum atomic E-state index is -4.74. The second kappa shape index (κ2) is 8.82. The number of rotatable bonds is 6. The topological polar surface area (TPSA) is 88.5 Å². The van der Waals surface area contributed by atoms with Crippen LogP contribution in [0.4, 0.5) is 17.6 Å². The zero-order valence-corrected chi connectivity index (χ0v) is 15.6. The summed E-state index contributed by atoms with van der Waals surface area (Å²) >= 11 is 0. The zero-order valence-electron chi connectivity index (χ0n) is 15.6. The predicted molar refractivity (Wildman–Crippen MR) is 100 cm³/mol. The van der Waals surface area contributed by atoms with Gasteiger partial charge in [0.2, 0.25) is 5.88 Å². The molecular formula is C21H14F4N2O4. The molecule has 0 unspecified atom stereocenters. The highest BCUT2D eigenvalue weighted by Crippen LogP contribution is 2.32. The molecule has 1 heterocycles. The summed E-state index contributed by atoms with van der Waals surface area (Å²) in [5.74, 6) is -2.97. The molecule has 0 aliphatic heterocycles. The molecule has 2 N–H and O–H groups in total. The molecule has 160 valence electrons. The summed E-state index contributed by atoms with van der Waals surface area (Å²) in [5, 5.41) is 11.4. The van der Waals surface area contributed by atoms with E-state index >= 15 is 0 Å². The molecule has 1 aromatic heterocycles. The molecule has 0 saturated carbocycles. The van der Waals surface area contributed by atoms with E-state index in [1.165, 1.54) is 30.3 Å². The number of amides is 1. The number of benzene rings is 2. The van der Waals surface area contributed by atoms with E-state index in [0.717, 1.165) is 12.1 Å². The molecule has 0 aliphatic rings. The van der Waals surface area contributed by atoms with Crippen LogP contribution in [0.15, 0.2) is 60.8 Å². The molecule has 3 aromatic rings. The Kier molecular flexibility index (Phi) is 6.19. The van der Waals surface area contributed by atoms with Gasteiger partial charge in [-0.25, -0.2) is 14.2 Å². The lowest BCUT2D eigenvalue weighted by atomic mass is 10.1. The monoisotopic (exact) mass is 434 g/mol. The Balaban J connectivity index is 1.87. The van der Waals surface area contributed by atoms with Crippen LogP contribution in [0.25, 0.3) is 0 Å². The normalized spacial score (nSPS) is 11.1. The van der Waals surface area contributed by atoms with Crippen molar-refractivity contribution in [1.29, 1.82) is 0 Å². The lowest BCUT2D eigenvalue weighted by Gasteiger charge is -2.13. The van der Waals surface area contributed by atoms with Gasteiger partial charge in [0.05, 0.1) is 11.1 Å². The first-order chi connectivity index (χ1) is 14.6. The molecule has 0 aliphatic carbocycles. The smallest absolute Gasteiger partial charge is 0.417 e. The molecule has 0 atom stereocenters. The summed E-state index contributed by atoms with van der Waals surface area (Å²) < 4.78 is 57.7. The van der Waals surface area contributed by atoms with Gasteiger partial charge in [-0.15, -0.1) is 0 Å². The Bertz CT molecular complexity index is 1120. The lowest BCUT2D eigenvalue weighted by molar-refractivity contribution is -0.137. The second-order valence-corrected chi connectivity index (χ2v) is 6.32. The van der Waals surface area contributed by atoms with Gasteiger partial charge in [0, 0.05) is 12.7 Å². The largest absolute Gasteiger partial charge is 0.478 e. The van der Waals surface area contributed by atoms with Crippen molar-refractivity contribution in [1.82, 2.24) is 10.3 Å². The van der Waals surface area contributed by atoms with Gasteiger partial charge in [0.25, 0.3) is 5.91 Å². The fraction of sp³-hybridized carbons (Fsp3) is 0.0952. The summed E-state index contributed by atoms with van der Waals surface area (Å²) in [6.45, 7) is -0.147. The van der Waals surface area contributed by atoms with Gasteiger partial charge in [-0.3, -0.25) is 4.79 Å². The molecule has 0 radical (unpaired) electrons. The third-order valence-electron chi connectivity index (χ3n) is 4.08. The predicted octanol–water partition coefficient (Wildman–Crippen LogP) is 4.66. The van der Waals surface area contributed by atoms with Crippen LogP contribution in [0.1, 0.15) is 31.8 Å². The first-order valence-electron chi connectivity index (χ1n) is 8.74. The van der Waals surface area contributed by atoms with Crippen molar-refractivity contribution in [2.75, 3.05) is 0 Å². The summed E-state index contributed by atoms with van der Waals surface area (Å²) in [6, 6.07) is 10.9. The van der Waals surface area contributed by atoms with Gasteiger partial charge < -0.3 is 15.2 Å². The number of carboxylic acid groups (broad SMARTS) is 1. The minimum Gasteiger partial charge on any atom is -0.478 e. The Labute approximate surface area is 173 Å². The Morgan fingerprint density at radius 1 is 1.06 bits per heavy atom. The molecule has 1 amide bonds. The van der Waals surface area contributed by atoms with Crippen LogP contribution in [-0.4, -0.2) is 22.0 Å². The van der Waals surface area contributed by atoms with Crippen LogP contribution in [0.2, 0.25) is 0 Å². The van der Waals surface area contributed by atoms with Crippen molar-refractivity contribution in [2.45, 2.75) is 12.7 Å². The second-order valence-electron chi connectivity index (χ2n) is 6.32. The average molecular weight is 434 g/mol. The van der Waals surface area contributed by atoms with E-state index < -0.39 is 40.9 Å². The number of nitrogens with zero attached hydrogens (tertiary/aromatic N) is 1. The van der Waals surface area contributed by atoms with Crippen molar-refractivity contribution >= 4 is 11.9 Å². The maximum Gasteiger partial charge on any atom is 0.417 e. The van der Waals surface area contributed by atoms with E-state index in [-0.39, 0.29) is 17.9 Å². The molecule has 0 spiro atoms. The molecule has 2 aromatic carbocycles. The van der Waals surface area contributed by atoms with Crippen molar-refractivity contribution in [3.63, 3.8) is 0 Å². The van der Waals surface area contributed by atoms with Crippen molar-refractivity contribution in [3.05, 3.63) is 88.9 Å². The Morgan fingerprint density at radius 2 is 1.77 bits per heavy atom. The fourth-order valence-corrected chi connectivity index (χ4v) is 2.56. The van der Waals surface area contributed by atoms with Crippen LogP contribution < -0.4 is 10.1 Å². The number of carbonyl (C=O) groups is 2. The maximum absolute atomic E-state index is 13.1. The van der Waals surface area contributed by atoms with Gasteiger partial charge in [-0.2, -0.15) is 13.2 Å². The van der Waals surface area contributed by atoms with Crippen molar-refractivity contribution < 1.29 is 37.0 Å². The maximum atomic E-state index is 13.1. The molecule has 3 rings (SSSR count). The van der Waals surface area contributed by atoms with E-state index in [1.54, 1.807) is 6.07 Å². The van der Waals surface area contributed by atoms with Crippen LogP contribution in [0.3, 0.4) is 0 Å². The minimum absolute atomic E-state index is 0.00665. The number of hydrogen-bond acceptors (Lipinski definition) is 4. The van der Waals surface area contributed by atoms with Crippen LogP contribution >= 0.6 is 0 Å². The van der Waals surface area contributed by atoms with Gasteiger partial charge in [-0.1, -0.05) is 12.1 Å². The molecular weight excluding hydrogens is 420 g/mol. The van der Waals surface area contributed by atoms with Crippen molar-refractivity contribution in [2.24, 2.45) is 0 Å². The highest BCUT2D eigenvalue weighted by atomic mass is 19.4. The highest BCUT2D eigenvalue weighted by molar-refractivity contribution is 5.96. The fourth-order valence-electron chi connectivity index (χ4n) is 2.56. The van der Waals surface area contributed by atoms with E-state index in [0.29, 0.717) is 17.8 Å². The molecule has 10 heteroatoms. The number of pyridine rings is 1. The average Bonchev–Trinajstić information content (AvgIpc) is 2.73. The Morgan fingerprint density at radius 3 is 2.42 bits per heavy atom. The van der Waals surface area contributed by atoms with Crippen LogP contribution in [0, 0.1) is 5.82 Å². The van der Waals surface area contributed by atoms with E-state index in [2.05, 4.69) is 10.3 Å². The third-order valence-corrected chi connectivity index (χ3v) is 4.08. The standard InChI is InChI=1S/C21H14F4N2O4/c22-15-4-6-16(7-5-15)31-19-17(9-14(11-27-19)21(23,24)25)18(28)26-10-12-2-1-3-13(8-12)20(29)30/h1-9,11H,10H2,(H,26,28)(H,29,30). The molecule has 31 heavy (non-hydrogen) atoms. The number of carboxylic acids is 1. The quantitative estimate of drug-likeness (QED) is 0.551. The first kappa shape index (κ1) is 21.8. The van der Waals surface area contributed by atoms with E-state index in [9.17, 15) is 27.2 Å². The number of aromatic carboxylic acids is 1. The molecule has 6 nitrogen and oxygen atoms in total. The van der Waals surface area contributed by atoms with Crippen LogP contribution in [-0.2, 0) is 12.7 Å². The first-order valence-corrected chi connectivity index (χ1v) is 8.74. The van der Waals surface area contributed by atoms with Gasteiger partial charge in [0.1, 0.15) is 17.1 Å². The summed E-state index contributed by atoms with van der Waals surface area (Å²) in [6.07, 6.45) is -4.22. The highest BCUT2D eigenvalue weighted by Gasteiger charge is 2.33. The summed E-state index contributed by atoms with van der Waals surface area (Å²) in [5.41, 5.74) is -1.23. The third kappa shape index (κ3) is 5.56. The van der Waals surface area contributed by atoms with Gasteiger partial charge in [0.15, 0.2) is 0 Å². The van der Waals surface area contributed by atoms with E-state index in [1.807, 2.05) is 0 Å². The number of aromatic nitrogens is 1.